The van der Waals surface area contributed by atoms with Gasteiger partial charge >= 0.3 is 0 Å². The molecule has 11 aromatic rings. The van der Waals surface area contributed by atoms with Crippen molar-refractivity contribution in [1.82, 2.24) is 23.2 Å². The number of furan rings is 1. The van der Waals surface area contributed by atoms with Crippen molar-refractivity contribution in [2.24, 2.45) is 0 Å². The number of rotatable bonds is 0. The predicted molar refractivity (Wildman–Crippen MR) is 161 cm³/mol. The van der Waals surface area contributed by atoms with Gasteiger partial charge in [-0.2, -0.15) is 0 Å². The number of imidazole rings is 4. The Morgan fingerprint density at radius 1 is 0.450 bits per heavy atom. The summed E-state index contributed by atoms with van der Waals surface area (Å²) in [5.41, 5.74) is 9.27. The minimum Gasteiger partial charge on any atom is -0.456 e. The second-order valence-electron chi connectivity index (χ2n) is 10.7. The first-order valence-electron chi connectivity index (χ1n) is 13.5. The Kier molecular flexibility index (Phi) is 3.08. The van der Waals surface area contributed by atoms with Crippen LogP contribution < -0.4 is 0 Å². The molecule has 0 N–H and O–H groups in total. The first kappa shape index (κ1) is 19.4. The molecule has 0 unspecified atom stereocenters. The lowest BCUT2D eigenvalue weighted by atomic mass is 10.00. The number of hydrogen-bond acceptors (Lipinski definition) is 3. The van der Waals surface area contributed by atoms with Crippen LogP contribution in [0.15, 0.2) is 108 Å². The van der Waals surface area contributed by atoms with Crippen LogP contribution in [-0.4, -0.2) is 23.2 Å². The van der Waals surface area contributed by atoms with Crippen molar-refractivity contribution in [2.45, 2.75) is 0 Å². The summed E-state index contributed by atoms with van der Waals surface area (Å²) in [7, 11) is 0. The molecule has 6 aromatic carbocycles. The number of hydrogen-bond donors (Lipinski definition) is 0. The molecule has 5 aromatic heterocycles. The lowest BCUT2D eigenvalue weighted by Crippen LogP contribution is -1.88. The second-order valence-corrected chi connectivity index (χ2v) is 10.7. The minimum absolute atomic E-state index is 0.859. The SMILES string of the molecule is c1ccc2c(c1)oc1ccc3nc4n(c5cccc6c5n4c4nc5c7ccccc7c7ccccc7c5n64)c3c12. The highest BCUT2D eigenvalue weighted by atomic mass is 16.3. The molecule has 11 rings (SSSR count). The van der Waals surface area contributed by atoms with Crippen LogP contribution in [0.3, 0.4) is 0 Å². The molecule has 0 fully saturated rings. The molecule has 0 saturated heterocycles. The molecule has 0 amide bonds. The maximum atomic E-state index is 6.25. The molecule has 0 saturated carbocycles. The number of benzene rings is 6. The van der Waals surface area contributed by atoms with Crippen LogP contribution in [0.1, 0.15) is 0 Å². The van der Waals surface area contributed by atoms with Gasteiger partial charge in [0.15, 0.2) is 0 Å². The van der Waals surface area contributed by atoms with Gasteiger partial charge in [-0.25, -0.2) is 14.4 Å². The van der Waals surface area contributed by atoms with E-state index in [-0.39, 0.29) is 0 Å². The third-order valence-corrected chi connectivity index (χ3v) is 8.75. The van der Waals surface area contributed by atoms with Crippen molar-refractivity contribution >= 4 is 93.7 Å². The number of para-hydroxylation sites is 2. The van der Waals surface area contributed by atoms with Gasteiger partial charge in [0.25, 0.3) is 0 Å². The van der Waals surface area contributed by atoms with Crippen LogP contribution in [0.4, 0.5) is 0 Å². The van der Waals surface area contributed by atoms with E-state index in [1.165, 1.54) is 16.2 Å². The highest BCUT2D eigenvalue weighted by Crippen LogP contribution is 2.41. The van der Waals surface area contributed by atoms with E-state index in [0.717, 1.165) is 77.5 Å². The molecule has 0 aliphatic carbocycles. The van der Waals surface area contributed by atoms with E-state index in [0.29, 0.717) is 0 Å². The van der Waals surface area contributed by atoms with Gasteiger partial charge in [0.1, 0.15) is 16.7 Å². The normalized spacial score (nSPS) is 13.0. The molecular weight excluding hydrogens is 494 g/mol. The van der Waals surface area contributed by atoms with Gasteiger partial charge in [0.2, 0.25) is 11.6 Å². The quantitative estimate of drug-likeness (QED) is 0.192. The minimum atomic E-state index is 0.859. The lowest BCUT2D eigenvalue weighted by Gasteiger charge is -2.07. The standard InChI is InChI=1S/C34H17N5O/c1-3-10-20-18(8-1)19-9-2-4-11-21(19)30-29(20)36-34-37(30)24-13-7-14-25-32(24)39(34)33-35-23-16-17-27-28(31(23)38(25)33)22-12-5-6-15-26(22)40-27/h1-17H. The summed E-state index contributed by atoms with van der Waals surface area (Å²) >= 11 is 0. The largest absolute Gasteiger partial charge is 0.456 e. The molecule has 0 aliphatic rings. The highest BCUT2D eigenvalue weighted by Gasteiger charge is 2.26. The van der Waals surface area contributed by atoms with Crippen LogP contribution in [0, 0.1) is 0 Å². The van der Waals surface area contributed by atoms with Crippen molar-refractivity contribution in [3.63, 3.8) is 0 Å². The molecule has 0 bridgehead atoms. The molecule has 6 nitrogen and oxygen atoms in total. The van der Waals surface area contributed by atoms with Crippen LogP contribution in [0.2, 0.25) is 0 Å². The average Bonchev–Trinajstić information content (AvgIpc) is 3.78. The van der Waals surface area contributed by atoms with Gasteiger partial charge in [-0.15, -0.1) is 0 Å². The number of nitrogens with zero attached hydrogens (tertiary/aromatic N) is 5. The maximum absolute atomic E-state index is 6.25. The number of aromatic nitrogens is 5. The zero-order chi connectivity index (χ0) is 25.7. The fourth-order valence-corrected chi connectivity index (χ4v) is 7.21. The smallest absolute Gasteiger partial charge is 0.223 e. The summed E-state index contributed by atoms with van der Waals surface area (Å²) in [5, 5.41) is 7.02. The molecule has 6 heteroatoms. The first-order chi connectivity index (χ1) is 19.9. The Balaban J connectivity index is 1.45. The monoisotopic (exact) mass is 511 g/mol. The lowest BCUT2D eigenvalue weighted by molar-refractivity contribution is 0.669. The van der Waals surface area contributed by atoms with Gasteiger partial charge in [-0.1, -0.05) is 72.8 Å². The Hall–Kier alpha value is -5.62. The van der Waals surface area contributed by atoms with Crippen molar-refractivity contribution in [3.8, 4) is 0 Å². The van der Waals surface area contributed by atoms with Crippen LogP contribution >= 0.6 is 0 Å². The summed E-state index contributed by atoms with van der Waals surface area (Å²) in [5.74, 6) is 1.74. The van der Waals surface area contributed by atoms with E-state index < -0.39 is 0 Å². The number of fused-ring (bicyclic) bond motifs is 19. The molecule has 0 radical (unpaired) electrons. The Labute approximate surface area is 224 Å². The van der Waals surface area contributed by atoms with E-state index >= 15 is 0 Å². The topological polar surface area (TPSA) is 52.2 Å². The summed E-state index contributed by atoms with van der Waals surface area (Å²) in [6.45, 7) is 0. The van der Waals surface area contributed by atoms with Gasteiger partial charge in [-0.05, 0) is 41.1 Å². The van der Waals surface area contributed by atoms with Gasteiger partial charge in [0.05, 0.1) is 38.5 Å². The van der Waals surface area contributed by atoms with Crippen molar-refractivity contribution in [1.29, 1.82) is 0 Å². The van der Waals surface area contributed by atoms with Gasteiger partial charge < -0.3 is 4.42 Å². The third-order valence-electron chi connectivity index (χ3n) is 8.75. The Bertz CT molecular complexity index is 2880. The van der Waals surface area contributed by atoms with E-state index in [2.05, 4.69) is 98.1 Å². The summed E-state index contributed by atoms with van der Waals surface area (Å²) < 4.78 is 13.1. The molecule has 40 heavy (non-hydrogen) atoms. The van der Waals surface area contributed by atoms with E-state index in [1.54, 1.807) is 0 Å². The Morgan fingerprint density at radius 2 is 1.10 bits per heavy atom. The van der Waals surface area contributed by atoms with Crippen molar-refractivity contribution in [3.05, 3.63) is 103 Å². The van der Waals surface area contributed by atoms with Crippen LogP contribution in [-0.2, 0) is 0 Å². The van der Waals surface area contributed by atoms with E-state index in [1.807, 2.05) is 18.2 Å². The highest BCUT2D eigenvalue weighted by molar-refractivity contribution is 6.25. The Morgan fingerprint density at radius 3 is 1.93 bits per heavy atom. The molecular formula is C34H17N5O. The van der Waals surface area contributed by atoms with Gasteiger partial charge in [-0.3, -0.25) is 8.80 Å². The molecule has 5 heterocycles. The average molecular weight is 512 g/mol. The molecule has 0 aliphatic heterocycles. The predicted octanol–water partition coefficient (Wildman–Crippen LogP) is 8.34. The van der Waals surface area contributed by atoms with Gasteiger partial charge in [0, 0.05) is 16.2 Å². The van der Waals surface area contributed by atoms with Crippen LogP contribution in [0.5, 0.6) is 0 Å². The molecule has 184 valence electrons. The third kappa shape index (κ3) is 2.00. The van der Waals surface area contributed by atoms with E-state index in [4.69, 9.17) is 14.4 Å². The fraction of sp³-hybridized carbons (Fsp3) is 0. The summed E-state index contributed by atoms with van der Waals surface area (Å²) in [4.78, 5) is 10.6. The van der Waals surface area contributed by atoms with Crippen LogP contribution in [0.25, 0.3) is 93.7 Å². The van der Waals surface area contributed by atoms with Crippen molar-refractivity contribution in [2.75, 3.05) is 0 Å². The maximum Gasteiger partial charge on any atom is 0.223 e. The summed E-state index contributed by atoms with van der Waals surface area (Å²) in [6, 6.07) is 36.1. The zero-order valence-corrected chi connectivity index (χ0v) is 21.0. The molecule has 0 spiro atoms. The van der Waals surface area contributed by atoms with E-state index in [9.17, 15) is 0 Å². The molecule has 0 atom stereocenters. The first-order valence-corrected chi connectivity index (χ1v) is 13.5. The second kappa shape index (κ2) is 6.33. The zero-order valence-electron chi connectivity index (χ0n) is 21.0. The summed E-state index contributed by atoms with van der Waals surface area (Å²) in [6.07, 6.45) is 0. The van der Waals surface area contributed by atoms with Crippen molar-refractivity contribution < 1.29 is 4.42 Å². The fourth-order valence-electron chi connectivity index (χ4n) is 7.21.